The number of aromatic nitrogens is 1. The second-order valence-electron chi connectivity index (χ2n) is 6.03. The summed E-state index contributed by atoms with van der Waals surface area (Å²) in [7, 11) is 1.42. The number of rotatable bonds is 8. The number of carbonyl (C=O) groups excluding carboxylic acids is 1. The normalized spacial score (nSPS) is 12.1. The molecule has 1 heterocycles. The maximum atomic E-state index is 11.9. The van der Waals surface area contributed by atoms with Gasteiger partial charge < -0.3 is 4.74 Å². The van der Waals surface area contributed by atoms with E-state index in [1.807, 2.05) is 17.5 Å². The largest absolute Gasteiger partial charge is 0.465 e. The molecule has 0 spiro atoms. The number of ether oxygens (including phenoxy) is 1. The first-order valence-electron chi connectivity index (χ1n) is 8.26. The molecular formula is C19H25NO2S. The van der Waals surface area contributed by atoms with Crippen molar-refractivity contribution in [1.29, 1.82) is 0 Å². The summed E-state index contributed by atoms with van der Waals surface area (Å²) >= 11 is 1.59. The molecule has 4 heteroatoms. The number of esters is 1. The topological polar surface area (TPSA) is 39.2 Å². The van der Waals surface area contributed by atoms with E-state index in [0.29, 0.717) is 11.5 Å². The number of hydrogen-bond donors (Lipinski definition) is 0. The molecule has 0 saturated carbocycles. The summed E-state index contributed by atoms with van der Waals surface area (Å²) in [4.78, 5) is 16.3. The third kappa shape index (κ3) is 5.17. The van der Waals surface area contributed by atoms with Gasteiger partial charge in [0.15, 0.2) is 0 Å². The van der Waals surface area contributed by atoms with E-state index in [4.69, 9.17) is 4.74 Å². The second-order valence-corrected chi connectivity index (χ2v) is 6.93. The maximum absolute atomic E-state index is 11.9. The molecule has 0 saturated heterocycles. The third-order valence-corrected chi connectivity index (χ3v) is 4.89. The predicted octanol–water partition coefficient (Wildman–Crippen LogP) is 5.36. The number of hydrogen-bond acceptors (Lipinski definition) is 4. The lowest BCUT2D eigenvalue weighted by atomic mass is 9.94. The highest BCUT2D eigenvalue weighted by Crippen LogP contribution is 2.26. The Balaban J connectivity index is 2.17. The minimum absolute atomic E-state index is 0.288. The van der Waals surface area contributed by atoms with Gasteiger partial charge in [-0.05, 0) is 42.5 Å². The van der Waals surface area contributed by atoms with Gasteiger partial charge in [0.2, 0.25) is 0 Å². The van der Waals surface area contributed by atoms with E-state index in [1.54, 1.807) is 17.5 Å². The molecule has 0 aliphatic rings. The Morgan fingerprint density at radius 3 is 2.78 bits per heavy atom. The number of carbonyl (C=O) groups is 1. The molecule has 1 aromatic carbocycles. The lowest BCUT2D eigenvalue weighted by Gasteiger charge is -2.12. The standard InChI is InChI=1S/C19H25NO2S/c1-4-5-6-14(2)7-8-15-11-16(18-20-9-10-23-18)13-17(12-15)19(21)22-3/h9-14H,4-8H2,1-3H3. The van der Waals surface area contributed by atoms with Gasteiger partial charge in [0.1, 0.15) is 5.01 Å². The molecule has 0 aliphatic carbocycles. The van der Waals surface area contributed by atoms with Crippen LogP contribution in [0.1, 0.15) is 55.5 Å². The van der Waals surface area contributed by atoms with Crippen molar-refractivity contribution in [2.45, 2.75) is 46.0 Å². The fourth-order valence-electron chi connectivity index (χ4n) is 2.67. The van der Waals surface area contributed by atoms with Gasteiger partial charge in [-0.3, -0.25) is 0 Å². The van der Waals surface area contributed by atoms with Crippen LogP contribution >= 0.6 is 11.3 Å². The van der Waals surface area contributed by atoms with E-state index >= 15 is 0 Å². The van der Waals surface area contributed by atoms with Crippen LogP contribution in [0.3, 0.4) is 0 Å². The van der Waals surface area contributed by atoms with E-state index in [0.717, 1.165) is 23.4 Å². The Morgan fingerprint density at radius 2 is 2.13 bits per heavy atom. The summed E-state index contributed by atoms with van der Waals surface area (Å²) in [6.45, 7) is 4.54. The molecule has 2 rings (SSSR count). The van der Waals surface area contributed by atoms with E-state index in [1.165, 1.54) is 31.9 Å². The van der Waals surface area contributed by atoms with Crippen LogP contribution in [0.15, 0.2) is 29.8 Å². The molecule has 3 nitrogen and oxygen atoms in total. The Bertz CT molecular complexity index is 622. The minimum Gasteiger partial charge on any atom is -0.465 e. The number of thiazole rings is 1. The zero-order valence-corrected chi connectivity index (χ0v) is 15.0. The molecule has 1 unspecified atom stereocenters. The molecule has 1 aromatic heterocycles. The summed E-state index contributed by atoms with van der Waals surface area (Å²) < 4.78 is 4.89. The van der Waals surface area contributed by atoms with Crippen LogP contribution in [-0.2, 0) is 11.2 Å². The molecule has 0 fully saturated rings. The molecule has 0 N–H and O–H groups in total. The fraction of sp³-hybridized carbons (Fsp3) is 0.474. The molecule has 1 atom stereocenters. The fourth-order valence-corrected chi connectivity index (χ4v) is 3.30. The Labute approximate surface area is 142 Å². The van der Waals surface area contributed by atoms with E-state index < -0.39 is 0 Å². The molecule has 124 valence electrons. The van der Waals surface area contributed by atoms with Gasteiger partial charge >= 0.3 is 5.97 Å². The van der Waals surface area contributed by atoms with E-state index in [-0.39, 0.29) is 5.97 Å². The average Bonchev–Trinajstić information content (AvgIpc) is 3.11. The molecule has 0 radical (unpaired) electrons. The van der Waals surface area contributed by atoms with Crippen LogP contribution < -0.4 is 0 Å². The summed E-state index contributed by atoms with van der Waals surface area (Å²) in [6.07, 6.45) is 7.71. The smallest absolute Gasteiger partial charge is 0.337 e. The first-order chi connectivity index (χ1) is 11.1. The Kier molecular flexibility index (Phi) is 6.78. The Hall–Kier alpha value is -1.68. The molecule has 0 aliphatic heterocycles. The first-order valence-corrected chi connectivity index (χ1v) is 9.14. The van der Waals surface area contributed by atoms with Crippen molar-refractivity contribution >= 4 is 17.3 Å². The number of methoxy groups -OCH3 is 1. The molecule has 0 bridgehead atoms. The lowest BCUT2D eigenvalue weighted by Crippen LogP contribution is -2.04. The van der Waals surface area contributed by atoms with E-state index in [9.17, 15) is 4.79 Å². The highest BCUT2D eigenvalue weighted by molar-refractivity contribution is 7.13. The van der Waals surface area contributed by atoms with Crippen molar-refractivity contribution in [2.75, 3.05) is 7.11 Å². The van der Waals surface area contributed by atoms with Crippen molar-refractivity contribution in [3.8, 4) is 10.6 Å². The number of aryl methyl sites for hydroxylation is 1. The van der Waals surface area contributed by atoms with Crippen molar-refractivity contribution in [3.63, 3.8) is 0 Å². The third-order valence-electron chi connectivity index (χ3n) is 4.07. The first kappa shape index (κ1) is 17.7. The zero-order valence-electron chi connectivity index (χ0n) is 14.2. The van der Waals surface area contributed by atoms with E-state index in [2.05, 4.69) is 24.9 Å². The monoisotopic (exact) mass is 331 g/mol. The van der Waals surface area contributed by atoms with Crippen LogP contribution in [0.5, 0.6) is 0 Å². The number of unbranched alkanes of at least 4 members (excludes halogenated alkanes) is 1. The van der Waals surface area contributed by atoms with Crippen LogP contribution in [-0.4, -0.2) is 18.1 Å². The van der Waals surface area contributed by atoms with Crippen LogP contribution in [0.2, 0.25) is 0 Å². The highest BCUT2D eigenvalue weighted by Gasteiger charge is 2.12. The zero-order chi connectivity index (χ0) is 16.7. The van der Waals surface area contributed by atoms with Gasteiger partial charge in [-0.1, -0.05) is 33.1 Å². The van der Waals surface area contributed by atoms with Gasteiger partial charge in [-0.15, -0.1) is 11.3 Å². The minimum atomic E-state index is -0.288. The van der Waals surface area contributed by atoms with Gasteiger partial charge in [-0.25, -0.2) is 9.78 Å². The van der Waals surface area contributed by atoms with Crippen molar-refractivity contribution < 1.29 is 9.53 Å². The molecule has 2 aromatic rings. The Morgan fingerprint density at radius 1 is 1.30 bits per heavy atom. The number of nitrogens with zero attached hydrogens (tertiary/aromatic N) is 1. The van der Waals surface area contributed by atoms with Crippen molar-refractivity contribution in [2.24, 2.45) is 5.92 Å². The van der Waals surface area contributed by atoms with Gasteiger partial charge in [-0.2, -0.15) is 0 Å². The van der Waals surface area contributed by atoms with Crippen LogP contribution in [0.25, 0.3) is 10.6 Å². The van der Waals surface area contributed by atoms with Gasteiger partial charge in [0.05, 0.1) is 12.7 Å². The van der Waals surface area contributed by atoms with Gasteiger partial charge in [0, 0.05) is 17.1 Å². The quantitative estimate of drug-likeness (QED) is 0.612. The second kappa shape index (κ2) is 8.82. The summed E-state index contributed by atoms with van der Waals surface area (Å²) in [5, 5.41) is 2.89. The summed E-state index contributed by atoms with van der Waals surface area (Å²) in [5.41, 5.74) is 2.79. The average molecular weight is 331 g/mol. The van der Waals surface area contributed by atoms with Gasteiger partial charge in [0.25, 0.3) is 0 Å². The summed E-state index contributed by atoms with van der Waals surface area (Å²) in [6, 6.07) is 5.97. The SMILES string of the molecule is CCCCC(C)CCc1cc(C(=O)OC)cc(-c2nccs2)c1. The van der Waals surface area contributed by atoms with Crippen LogP contribution in [0, 0.1) is 5.92 Å². The molecule has 23 heavy (non-hydrogen) atoms. The predicted molar refractivity (Wildman–Crippen MR) is 95.9 cm³/mol. The molecular weight excluding hydrogens is 306 g/mol. The number of benzene rings is 1. The van der Waals surface area contributed by atoms with Crippen LogP contribution in [0.4, 0.5) is 0 Å². The highest BCUT2D eigenvalue weighted by atomic mass is 32.1. The van der Waals surface area contributed by atoms with Crippen molar-refractivity contribution in [1.82, 2.24) is 4.98 Å². The van der Waals surface area contributed by atoms with Crippen molar-refractivity contribution in [3.05, 3.63) is 40.9 Å². The molecule has 0 amide bonds. The maximum Gasteiger partial charge on any atom is 0.337 e. The summed E-state index contributed by atoms with van der Waals surface area (Å²) in [5.74, 6) is 0.420. The lowest BCUT2D eigenvalue weighted by molar-refractivity contribution is 0.0600.